The molecule has 3 aromatic rings. The number of carbonyl (C=O) groups is 3. The molecular weight excluding hydrogens is 446 g/mol. The number of ether oxygens (including phenoxy) is 1. The van der Waals surface area contributed by atoms with Gasteiger partial charge in [0.05, 0.1) is 11.9 Å². The minimum absolute atomic E-state index is 0.0742. The Balaban J connectivity index is 1.40. The molecule has 0 saturated carbocycles. The van der Waals surface area contributed by atoms with Gasteiger partial charge in [0.15, 0.2) is 0 Å². The largest absolute Gasteiger partial charge is 0.477 e. The van der Waals surface area contributed by atoms with Crippen LogP contribution in [-0.2, 0) is 9.53 Å². The first kappa shape index (κ1) is 23.9. The van der Waals surface area contributed by atoms with E-state index in [0.29, 0.717) is 12.1 Å². The number of carboxylic acids is 1. The molecule has 1 aromatic heterocycles. The fourth-order valence-corrected chi connectivity index (χ4v) is 4.28. The average Bonchev–Trinajstić information content (AvgIpc) is 3.19. The molecule has 0 bridgehead atoms. The van der Waals surface area contributed by atoms with Crippen molar-refractivity contribution in [1.82, 2.24) is 10.3 Å². The van der Waals surface area contributed by atoms with Gasteiger partial charge in [-0.1, -0.05) is 68.3 Å². The lowest BCUT2D eigenvalue weighted by Crippen LogP contribution is -2.44. The highest BCUT2D eigenvalue weighted by molar-refractivity contribution is 5.96. The smallest absolute Gasteiger partial charge is 0.407 e. The molecule has 1 aliphatic rings. The summed E-state index contributed by atoms with van der Waals surface area (Å²) in [5, 5.41) is 14.3. The van der Waals surface area contributed by atoms with Crippen molar-refractivity contribution < 1.29 is 24.2 Å². The van der Waals surface area contributed by atoms with Crippen LogP contribution in [0.2, 0.25) is 0 Å². The summed E-state index contributed by atoms with van der Waals surface area (Å²) in [5.74, 6) is -1.65. The number of alkyl carbamates (subject to hydrolysis) is 1. The molecule has 1 heterocycles. The van der Waals surface area contributed by atoms with Gasteiger partial charge < -0.3 is 20.5 Å². The van der Waals surface area contributed by atoms with Gasteiger partial charge in [-0.3, -0.25) is 4.79 Å². The van der Waals surface area contributed by atoms with E-state index in [1.54, 1.807) is 0 Å². The van der Waals surface area contributed by atoms with Gasteiger partial charge in [-0.25, -0.2) is 14.6 Å². The number of amides is 2. The number of unbranched alkanes of at least 4 members (excludes halogenated alkanes) is 1. The molecule has 3 N–H and O–H groups in total. The van der Waals surface area contributed by atoms with Gasteiger partial charge in [-0.15, -0.1) is 0 Å². The van der Waals surface area contributed by atoms with Gasteiger partial charge in [-0.05, 0) is 40.8 Å². The van der Waals surface area contributed by atoms with Crippen molar-refractivity contribution in [3.8, 4) is 11.1 Å². The summed E-state index contributed by atoms with van der Waals surface area (Å²) in [6.07, 6.45) is 2.63. The van der Waals surface area contributed by atoms with Gasteiger partial charge in [0.1, 0.15) is 18.3 Å². The van der Waals surface area contributed by atoms with Crippen molar-refractivity contribution >= 4 is 23.7 Å². The number of anilines is 1. The van der Waals surface area contributed by atoms with E-state index in [9.17, 15) is 14.4 Å². The standard InChI is InChI=1S/C27H27N3O5/c1-2-3-12-23(25(31)29-17-13-14-24(26(32)33)28-15-17)30-27(34)35-16-22-20-10-6-4-8-18(20)19-9-5-7-11-21(19)22/h4-11,13-15,22-23H,2-3,12,16H2,1H3,(H,29,31)(H,30,34)(H,32,33)/t23-/m0/s1. The zero-order valence-corrected chi connectivity index (χ0v) is 19.4. The molecule has 0 unspecified atom stereocenters. The summed E-state index contributed by atoms with van der Waals surface area (Å²) in [6.45, 7) is 2.15. The van der Waals surface area contributed by atoms with Crippen LogP contribution in [0.3, 0.4) is 0 Å². The molecule has 35 heavy (non-hydrogen) atoms. The van der Waals surface area contributed by atoms with Crippen molar-refractivity contribution in [2.24, 2.45) is 0 Å². The molecule has 8 nitrogen and oxygen atoms in total. The SMILES string of the molecule is CCCC[C@H](NC(=O)OCC1c2ccccc2-c2ccccc21)C(=O)Nc1ccc(C(=O)O)nc1. The number of hydrogen-bond acceptors (Lipinski definition) is 5. The van der Waals surface area contributed by atoms with E-state index in [0.717, 1.165) is 35.1 Å². The van der Waals surface area contributed by atoms with Gasteiger partial charge in [-0.2, -0.15) is 0 Å². The second kappa shape index (κ2) is 10.8. The second-order valence-corrected chi connectivity index (χ2v) is 8.39. The summed E-state index contributed by atoms with van der Waals surface area (Å²) in [7, 11) is 0. The molecule has 1 atom stereocenters. The lowest BCUT2D eigenvalue weighted by Gasteiger charge is -2.19. The number of carbonyl (C=O) groups excluding carboxylic acids is 2. The van der Waals surface area contributed by atoms with E-state index in [2.05, 4.69) is 27.8 Å². The van der Waals surface area contributed by atoms with Crippen LogP contribution in [0.25, 0.3) is 11.1 Å². The molecular formula is C27H27N3O5. The number of hydrogen-bond donors (Lipinski definition) is 3. The van der Waals surface area contributed by atoms with Crippen molar-refractivity contribution in [3.05, 3.63) is 83.7 Å². The summed E-state index contributed by atoms with van der Waals surface area (Å²) in [4.78, 5) is 40.3. The Hall–Kier alpha value is -4.20. The third kappa shape index (κ3) is 5.48. The summed E-state index contributed by atoms with van der Waals surface area (Å²) < 4.78 is 5.58. The zero-order valence-electron chi connectivity index (χ0n) is 19.4. The normalized spacial score (nSPS) is 12.8. The number of carboxylic acid groups (broad SMARTS) is 1. The fraction of sp³-hybridized carbons (Fsp3) is 0.259. The molecule has 0 fully saturated rings. The molecule has 1 aliphatic carbocycles. The van der Waals surface area contributed by atoms with Crippen LogP contribution in [0.5, 0.6) is 0 Å². The lowest BCUT2D eigenvalue weighted by atomic mass is 9.98. The second-order valence-electron chi connectivity index (χ2n) is 8.39. The Morgan fingerprint density at radius 2 is 1.66 bits per heavy atom. The van der Waals surface area contributed by atoms with E-state index >= 15 is 0 Å². The van der Waals surface area contributed by atoms with Gasteiger partial charge in [0, 0.05) is 5.92 Å². The third-order valence-corrected chi connectivity index (χ3v) is 6.05. The molecule has 2 amide bonds. The maximum Gasteiger partial charge on any atom is 0.407 e. The minimum atomic E-state index is -1.15. The Labute approximate surface area is 203 Å². The molecule has 0 spiro atoms. The van der Waals surface area contributed by atoms with Crippen molar-refractivity contribution in [2.45, 2.75) is 38.1 Å². The number of nitrogens with zero attached hydrogens (tertiary/aromatic N) is 1. The Kier molecular flexibility index (Phi) is 7.40. The predicted octanol–water partition coefficient (Wildman–Crippen LogP) is 4.82. The highest BCUT2D eigenvalue weighted by Crippen LogP contribution is 2.44. The van der Waals surface area contributed by atoms with Crippen LogP contribution in [-0.4, -0.2) is 40.7 Å². The number of aromatic nitrogens is 1. The molecule has 0 saturated heterocycles. The molecule has 4 rings (SSSR count). The molecule has 0 aliphatic heterocycles. The summed E-state index contributed by atoms with van der Waals surface area (Å²) in [6, 6.07) is 18.1. The van der Waals surface area contributed by atoms with Gasteiger partial charge >= 0.3 is 12.1 Å². The van der Waals surface area contributed by atoms with Crippen LogP contribution in [0.1, 0.15) is 53.7 Å². The molecule has 8 heteroatoms. The average molecular weight is 474 g/mol. The summed E-state index contributed by atoms with van der Waals surface area (Å²) >= 11 is 0. The molecule has 0 radical (unpaired) electrons. The van der Waals surface area contributed by atoms with Crippen molar-refractivity contribution in [3.63, 3.8) is 0 Å². The first-order chi connectivity index (χ1) is 17.0. The van der Waals surface area contributed by atoms with Crippen LogP contribution in [0.4, 0.5) is 10.5 Å². The van der Waals surface area contributed by atoms with Crippen LogP contribution >= 0.6 is 0 Å². The topological polar surface area (TPSA) is 118 Å². The first-order valence-electron chi connectivity index (χ1n) is 11.6. The lowest BCUT2D eigenvalue weighted by molar-refractivity contribution is -0.118. The fourth-order valence-electron chi connectivity index (χ4n) is 4.28. The number of rotatable bonds is 9. The van der Waals surface area contributed by atoms with E-state index in [-0.39, 0.29) is 18.2 Å². The quantitative estimate of drug-likeness (QED) is 0.410. The number of fused-ring (bicyclic) bond motifs is 3. The molecule has 180 valence electrons. The highest BCUT2D eigenvalue weighted by Gasteiger charge is 2.29. The molecule has 2 aromatic carbocycles. The van der Waals surface area contributed by atoms with E-state index in [1.165, 1.54) is 18.3 Å². The number of benzene rings is 2. The maximum atomic E-state index is 12.8. The maximum absolute atomic E-state index is 12.8. The summed E-state index contributed by atoms with van der Waals surface area (Å²) in [5.41, 5.74) is 4.72. The van der Waals surface area contributed by atoms with Gasteiger partial charge in [0.25, 0.3) is 0 Å². The van der Waals surface area contributed by atoms with Crippen LogP contribution < -0.4 is 10.6 Å². The Morgan fingerprint density at radius 1 is 1.00 bits per heavy atom. The highest BCUT2D eigenvalue weighted by atomic mass is 16.5. The number of pyridine rings is 1. The van der Waals surface area contributed by atoms with Crippen molar-refractivity contribution in [2.75, 3.05) is 11.9 Å². The van der Waals surface area contributed by atoms with E-state index in [1.807, 2.05) is 43.3 Å². The number of nitrogens with one attached hydrogen (secondary N) is 2. The Morgan fingerprint density at radius 3 is 2.23 bits per heavy atom. The monoisotopic (exact) mass is 473 g/mol. The minimum Gasteiger partial charge on any atom is -0.477 e. The van der Waals surface area contributed by atoms with Gasteiger partial charge in [0.2, 0.25) is 5.91 Å². The third-order valence-electron chi connectivity index (χ3n) is 6.05. The van der Waals surface area contributed by atoms with Crippen LogP contribution in [0, 0.1) is 0 Å². The zero-order chi connectivity index (χ0) is 24.8. The number of aromatic carboxylic acids is 1. The van der Waals surface area contributed by atoms with Crippen LogP contribution in [0.15, 0.2) is 66.9 Å². The van der Waals surface area contributed by atoms with E-state index < -0.39 is 24.0 Å². The first-order valence-corrected chi connectivity index (χ1v) is 11.6. The van der Waals surface area contributed by atoms with Crippen molar-refractivity contribution in [1.29, 1.82) is 0 Å². The Bertz CT molecular complexity index is 1180. The predicted molar refractivity (Wildman–Crippen MR) is 131 cm³/mol. The van der Waals surface area contributed by atoms with E-state index in [4.69, 9.17) is 9.84 Å².